The fourth-order valence-corrected chi connectivity index (χ4v) is 3.84. The lowest BCUT2D eigenvalue weighted by Crippen LogP contribution is -2.32. The number of nitrogens with one attached hydrogen (secondary N) is 2. The minimum Gasteiger partial charge on any atom is -0.506 e. The molecule has 0 saturated heterocycles. The van der Waals surface area contributed by atoms with Crippen molar-refractivity contribution in [3.63, 3.8) is 0 Å². The van der Waals surface area contributed by atoms with Crippen molar-refractivity contribution in [1.82, 2.24) is 9.62 Å². The van der Waals surface area contributed by atoms with Crippen LogP contribution in [0.5, 0.6) is 0 Å². The van der Waals surface area contributed by atoms with Gasteiger partial charge in [-0.15, -0.1) is 0 Å². The monoisotopic (exact) mass is 474 g/mol. The number of amides is 1. The summed E-state index contributed by atoms with van der Waals surface area (Å²) in [6.07, 6.45) is 1.26. The number of ether oxygens (including phenoxy) is 1. The van der Waals surface area contributed by atoms with E-state index in [0.29, 0.717) is 5.70 Å². The number of hydrogen-bond acceptors (Lipinski definition) is 7. The molecule has 0 saturated carbocycles. The second-order valence-electron chi connectivity index (χ2n) is 6.76. The summed E-state index contributed by atoms with van der Waals surface area (Å²) in [5.41, 5.74) is 0.442. The van der Waals surface area contributed by atoms with Crippen molar-refractivity contribution in [2.45, 2.75) is 25.7 Å². The second-order valence-corrected chi connectivity index (χ2v) is 8.52. The molecule has 10 heteroatoms. The van der Waals surface area contributed by atoms with Crippen LogP contribution in [0.3, 0.4) is 0 Å². The molecule has 0 atom stereocenters. The number of rotatable bonds is 12. The Bertz CT molecular complexity index is 1090. The van der Waals surface area contributed by atoms with Crippen LogP contribution in [0.4, 0.5) is 5.69 Å². The molecule has 3 N–H and O–H groups in total. The van der Waals surface area contributed by atoms with E-state index >= 15 is 0 Å². The molecule has 1 rings (SSSR count). The molecule has 33 heavy (non-hydrogen) atoms. The van der Waals surface area contributed by atoms with Gasteiger partial charge in [0, 0.05) is 24.5 Å². The summed E-state index contributed by atoms with van der Waals surface area (Å²) in [4.78, 5) is 14.4. The number of anilines is 1. The molecule has 0 aliphatic rings. The predicted molar refractivity (Wildman–Crippen MR) is 127 cm³/mol. The van der Waals surface area contributed by atoms with Crippen molar-refractivity contribution in [3.8, 4) is 6.07 Å². The van der Waals surface area contributed by atoms with E-state index in [4.69, 9.17) is 4.74 Å². The van der Waals surface area contributed by atoms with Crippen LogP contribution < -0.4 is 10.0 Å². The topological polar surface area (TPSA) is 132 Å². The molecule has 9 nitrogen and oxygen atoms in total. The standard InChI is InChI=1S/C23H30N4O5S/c1-7-20(17(5)32-6)22(28)21(14-24)23(29)26-18-10-12-19(13-11-18)33(30,31)25-15-16(4)27(8-2)9-3/h7,10-13,25,28H,1,4,8-9,15H2,2-3,5-6H3,(H,26,29)/b20-17+,22-21-. The summed E-state index contributed by atoms with van der Waals surface area (Å²) in [5, 5.41) is 22.1. The van der Waals surface area contributed by atoms with Crippen molar-refractivity contribution in [2.24, 2.45) is 0 Å². The van der Waals surface area contributed by atoms with Crippen molar-refractivity contribution in [2.75, 3.05) is 32.1 Å². The molecule has 0 aromatic heterocycles. The lowest BCUT2D eigenvalue weighted by molar-refractivity contribution is -0.112. The van der Waals surface area contributed by atoms with Crippen LogP contribution in [0.1, 0.15) is 20.8 Å². The number of sulfonamides is 1. The Morgan fingerprint density at radius 2 is 1.85 bits per heavy atom. The van der Waals surface area contributed by atoms with E-state index < -0.39 is 27.3 Å². The highest BCUT2D eigenvalue weighted by Crippen LogP contribution is 2.20. The molecule has 0 aliphatic carbocycles. The number of benzene rings is 1. The molecule has 178 valence electrons. The van der Waals surface area contributed by atoms with Gasteiger partial charge >= 0.3 is 0 Å². The van der Waals surface area contributed by atoms with Crippen LogP contribution in [0.25, 0.3) is 0 Å². The van der Waals surface area contributed by atoms with Gasteiger partial charge in [0.2, 0.25) is 10.0 Å². The van der Waals surface area contributed by atoms with Gasteiger partial charge in [-0.2, -0.15) is 5.26 Å². The second kappa shape index (κ2) is 12.5. The van der Waals surface area contributed by atoms with Gasteiger partial charge in [-0.25, -0.2) is 13.1 Å². The number of nitrogens with zero attached hydrogens (tertiary/aromatic N) is 2. The summed E-state index contributed by atoms with van der Waals surface area (Å²) in [7, 11) is -2.42. The van der Waals surface area contributed by atoms with E-state index in [0.717, 1.165) is 13.1 Å². The van der Waals surface area contributed by atoms with Crippen LogP contribution >= 0.6 is 0 Å². The summed E-state index contributed by atoms with van der Waals surface area (Å²) in [6.45, 7) is 14.4. The van der Waals surface area contributed by atoms with E-state index in [2.05, 4.69) is 23.2 Å². The zero-order chi connectivity index (χ0) is 25.2. The average Bonchev–Trinajstić information content (AvgIpc) is 2.79. The maximum atomic E-state index is 12.5. The van der Waals surface area contributed by atoms with Gasteiger partial charge in [0.05, 0.1) is 24.1 Å². The first-order chi connectivity index (χ1) is 15.6. The van der Waals surface area contributed by atoms with E-state index in [9.17, 15) is 23.6 Å². The number of carbonyl (C=O) groups is 1. The number of carbonyl (C=O) groups excluding carboxylic acids is 1. The van der Waals surface area contributed by atoms with Crippen LogP contribution in [0.15, 0.2) is 76.8 Å². The molecule has 1 aromatic carbocycles. The highest BCUT2D eigenvalue weighted by Gasteiger charge is 2.20. The number of likely N-dealkylation sites (N-methyl/N-ethyl adjacent to an activating group) is 1. The minimum atomic E-state index is -3.79. The van der Waals surface area contributed by atoms with Crippen LogP contribution in [0.2, 0.25) is 0 Å². The van der Waals surface area contributed by atoms with Gasteiger partial charge in [-0.1, -0.05) is 19.2 Å². The highest BCUT2D eigenvalue weighted by atomic mass is 32.2. The van der Waals surface area contributed by atoms with Gasteiger partial charge in [-0.05, 0) is 45.0 Å². The molecule has 1 amide bonds. The first kappa shape index (κ1) is 27.5. The van der Waals surface area contributed by atoms with Gasteiger partial charge < -0.3 is 20.1 Å². The highest BCUT2D eigenvalue weighted by molar-refractivity contribution is 7.89. The number of hydrogen-bond donors (Lipinski definition) is 3. The van der Waals surface area contributed by atoms with Crippen molar-refractivity contribution in [3.05, 3.63) is 71.9 Å². The SMILES string of the molecule is C=CC(/C(O)=C(\C#N)C(=O)Nc1ccc(S(=O)(=O)NCC(=C)N(CC)CC)cc1)=C(/C)OC. The maximum absolute atomic E-state index is 12.5. The fourth-order valence-electron chi connectivity index (χ4n) is 2.82. The molecule has 0 fully saturated rings. The van der Waals surface area contributed by atoms with Crippen molar-refractivity contribution in [1.29, 1.82) is 5.26 Å². The number of aliphatic hydroxyl groups excluding tert-OH is 1. The van der Waals surface area contributed by atoms with Crippen LogP contribution in [-0.2, 0) is 19.6 Å². The third-order valence-corrected chi connectivity index (χ3v) is 6.24. The zero-order valence-corrected chi connectivity index (χ0v) is 20.1. The summed E-state index contributed by atoms with van der Waals surface area (Å²) in [6, 6.07) is 7.05. The number of allylic oxidation sites excluding steroid dienone is 2. The van der Waals surface area contributed by atoms with Gasteiger partial charge in [0.15, 0.2) is 5.57 Å². The Morgan fingerprint density at radius 3 is 2.30 bits per heavy atom. The first-order valence-corrected chi connectivity index (χ1v) is 11.6. The number of methoxy groups -OCH3 is 1. The molecule has 0 heterocycles. The molecule has 0 radical (unpaired) electrons. The Labute approximate surface area is 195 Å². The lowest BCUT2D eigenvalue weighted by Gasteiger charge is -2.23. The largest absolute Gasteiger partial charge is 0.506 e. The lowest BCUT2D eigenvalue weighted by atomic mass is 10.1. The Kier molecular flexibility index (Phi) is 10.4. The molecule has 0 spiro atoms. The van der Waals surface area contributed by atoms with E-state index in [1.807, 2.05) is 18.7 Å². The molecule has 0 aliphatic heterocycles. The summed E-state index contributed by atoms with van der Waals surface area (Å²) < 4.78 is 32.6. The minimum absolute atomic E-state index is 0.000613. The average molecular weight is 475 g/mol. The Morgan fingerprint density at radius 1 is 1.27 bits per heavy atom. The number of nitriles is 1. The first-order valence-electron chi connectivity index (χ1n) is 10.1. The fraction of sp³-hybridized carbons (Fsp3) is 0.304. The van der Waals surface area contributed by atoms with Gasteiger partial charge in [0.1, 0.15) is 17.6 Å². The summed E-state index contributed by atoms with van der Waals surface area (Å²) >= 11 is 0. The van der Waals surface area contributed by atoms with Gasteiger partial charge in [-0.3, -0.25) is 4.79 Å². The molecule has 0 bridgehead atoms. The van der Waals surface area contributed by atoms with E-state index in [-0.39, 0.29) is 28.5 Å². The van der Waals surface area contributed by atoms with Crippen molar-refractivity contribution >= 4 is 21.6 Å². The maximum Gasteiger partial charge on any atom is 0.270 e. The zero-order valence-electron chi connectivity index (χ0n) is 19.3. The third kappa shape index (κ3) is 7.24. The quantitative estimate of drug-likeness (QED) is 0.183. The molecule has 1 aromatic rings. The third-order valence-electron chi connectivity index (χ3n) is 4.82. The van der Waals surface area contributed by atoms with Gasteiger partial charge in [0.25, 0.3) is 5.91 Å². The summed E-state index contributed by atoms with van der Waals surface area (Å²) in [5.74, 6) is -1.18. The molecular weight excluding hydrogens is 444 g/mol. The van der Waals surface area contributed by atoms with E-state index in [1.54, 1.807) is 13.0 Å². The molecular formula is C23H30N4O5S. The molecule has 0 unspecified atom stereocenters. The van der Waals surface area contributed by atoms with Crippen LogP contribution in [-0.4, -0.2) is 51.1 Å². The Balaban J connectivity index is 3.02. The predicted octanol–water partition coefficient (Wildman–Crippen LogP) is 3.20. The van der Waals surface area contributed by atoms with Crippen LogP contribution in [0, 0.1) is 11.3 Å². The number of aliphatic hydroxyl groups is 1. The van der Waals surface area contributed by atoms with Crippen molar-refractivity contribution < 1.29 is 23.1 Å². The normalized spacial score (nSPS) is 12.6. The smallest absolute Gasteiger partial charge is 0.270 e. The Hall–Kier alpha value is -3.55. The van der Waals surface area contributed by atoms with E-state index in [1.165, 1.54) is 37.5 Å².